The number of hydrogen-bond acceptors (Lipinski definition) is 4. The van der Waals surface area contributed by atoms with E-state index in [0.717, 1.165) is 6.42 Å². The summed E-state index contributed by atoms with van der Waals surface area (Å²) in [5, 5.41) is 0. The molecule has 1 aromatic carbocycles. The Bertz CT molecular complexity index is 725. The summed E-state index contributed by atoms with van der Waals surface area (Å²) in [7, 11) is 0. The largest absolute Gasteiger partial charge is 0.490 e. The van der Waals surface area contributed by atoms with Crippen molar-refractivity contribution >= 4 is 17.7 Å². The van der Waals surface area contributed by atoms with Crippen LogP contribution >= 0.6 is 0 Å². The smallest absolute Gasteiger partial charge is 0.224 e. The minimum absolute atomic E-state index is 0.0330. The zero-order chi connectivity index (χ0) is 20.1. The Morgan fingerprint density at radius 1 is 1.21 bits per heavy atom. The van der Waals surface area contributed by atoms with Gasteiger partial charge in [-0.1, -0.05) is 0 Å². The third kappa shape index (κ3) is 5.21. The van der Waals surface area contributed by atoms with E-state index in [1.165, 1.54) is 12.1 Å². The van der Waals surface area contributed by atoms with Crippen LogP contribution in [-0.4, -0.2) is 59.8 Å². The quantitative estimate of drug-likeness (QED) is 0.758. The van der Waals surface area contributed by atoms with Gasteiger partial charge in [-0.2, -0.15) is 0 Å². The van der Waals surface area contributed by atoms with E-state index in [1.54, 1.807) is 21.9 Å². The number of amides is 3. The van der Waals surface area contributed by atoms with Gasteiger partial charge in [0, 0.05) is 57.8 Å². The first kappa shape index (κ1) is 20.1. The summed E-state index contributed by atoms with van der Waals surface area (Å²) in [5.41, 5.74) is 5.39. The van der Waals surface area contributed by atoms with Crippen LogP contribution in [0.5, 0.6) is 5.75 Å². The minimum atomic E-state index is -0.449. The van der Waals surface area contributed by atoms with Crippen LogP contribution in [0, 0.1) is 11.7 Å². The molecule has 152 valence electrons. The molecule has 0 saturated carbocycles. The predicted octanol–water partition coefficient (Wildman–Crippen LogP) is 1.31. The molecule has 0 aromatic heterocycles. The van der Waals surface area contributed by atoms with Crippen LogP contribution in [0.2, 0.25) is 0 Å². The molecule has 3 rings (SSSR count). The van der Waals surface area contributed by atoms with E-state index >= 15 is 0 Å². The van der Waals surface area contributed by atoms with E-state index in [-0.39, 0.29) is 42.5 Å². The van der Waals surface area contributed by atoms with E-state index in [2.05, 4.69) is 0 Å². The molecule has 28 heavy (non-hydrogen) atoms. The molecule has 0 radical (unpaired) electrons. The number of rotatable bonds is 7. The lowest BCUT2D eigenvalue weighted by atomic mass is 9.91. The van der Waals surface area contributed by atoms with Gasteiger partial charge in [0.25, 0.3) is 0 Å². The summed E-state index contributed by atoms with van der Waals surface area (Å²) < 4.78 is 19.0. The van der Waals surface area contributed by atoms with Crippen molar-refractivity contribution in [3.8, 4) is 5.75 Å². The Kier molecular flexibility index (Phi) is 6.49. The molecule has 2 saturated heterocycles. The van der Waals surface area contributed by atoms with Crippen molar-refractivity contribution in [1.82, 2.24) is 9.80 Å². The van der Waals surface area contributed by atoms with Gasteiger partial charge in [-0.05, 0) is 30.7 Å². The first-order chi connectivity index (χ1) is 13.4. The van der Waals surface area contributed by atoms with Crippen molar-refractivity contribution in [2.24, 2.45) is 11.7 Å². The third-order valence-electron chi connectivity index (χ3n) is 5.35. The van der Waals surface area contributed by atoms with Gasteiger partial charge in [-0.3, -0.25) is 14.4 Å². The van der Waals surface area contributed by atoms with Gasteiger partial charge in [-0.25, -0.2) is 4.39 Å². The summed E-state index contributed by atoms with van der Waals surface area (Å²) in [5.74, 6) is -0.435. The Morgan fingerprint density at radius 3 is 2.61 bits per heavy atom. The fourth-order valence-electron chi connectivity index (χ4n) is 3.86. The molecule has 2 heterocycles. The molecule has 7 nitrogen and oxygen atoms in total. The van der Waals surface area contributed by atoms with Crippen LogP contribution in [0.3, 0.4) is 0 Å². The Hall–Kier alpha value is -2.64. The molecular formula is C20H26FN3O4. The van der Waals surface area contributed by atoms with Gasteiger partial charge in [0.2, 0.25) is 17.7 Å². The molecule has 8 heteroatoms. The van der Waals surface area contributed by atoms with E-state index in [9.17, 15) is 18.8 Å². The SMILES string of the molecule is NC(=O)C[C@H]1CN(C(=O)CCN2CCCC2=O)CC[C@@H]1Oc1ccc(F)cc1. The topological polar surface area (TPSA) is 92.9 Å². The summed E-state index contributed by atoms with van der Waals surface area (Å²) >= 11 is 0. The first-order valence-corrected chi connectivity index (χ1v) is 9.68. The highest BCUT2D eigenvalue weighted by atomic mass is 19.1. The number of likely N-dealkylation sites (tertiary alicyclic amines) is 2. The van der Waals surface area contributed by atoms with Gasteiger partial charge in [0.05, 0.1) is 0 Å². The zero-order valence-electron chi connectivity index (χ0n) is 15.8. The molecule has 1 aromatic rings. The molecule has 0 aliphatic carbocycles. The van der Waals surface area contributed by atoms with Crippen molar-refractivity contribution in [1.29, 1.82) is 0 Å². The summed E-state index contributed by atoms with van der Waals surface area (Å²) in [4.78, 5) is 39.2. The fourth-order valence-corrected chi connectivity index (χ4v) is 3.86. The number of hydrogen-bond donors (Lipinski definition) is 1. The number of halogens is 1. The fraction of sp³-hybridized carbons (Fsp3) is 0.550. The lowest BCUT2D eigenvalue weighted by Gasteiger charge is -2.38. The maximum atomic E-state index is 13.1. The number of primary amides is 1. The maximum Gasteiger partial charge on any atom is 0.224 e. The van der Waals surface area contributed by atoms with Crippen molar-refractivity contribution in [2.75, 3.05) is 26.2 Å². The van der Waals surface area contributed by atoms with E-state index < -0.39 is 5.91 Å². The van der Waals surface area contributed by atoms with Crippen LogP contribution in [0.15, 0.2) is 24.3 Å². The monoisotopic (exact) mass is 391 g/mol. The highest BCUT2D eigenvalue weighted by molar-refractivity contribution is 5.80. The number of carbonyl (C=O) groups is 3. The van der Waals surface area contributed by atoms with E-state index in [0.29, 0.717) is 44.8 Å². The average Bonchev–Trinajstić information content (AvgIpc) is 3.07. The maximum absolute atomic E-state index is 13.1. The predicted molar refractivity (Wildman–Crippen MR) is 99.7 cm³/mol. The standard InChI is InChI=1S/C20H26FN3O4/c21-15-3-5-16(6-4-15)28-17-7-10-24(13-14(17)12-18(22)25)20(27)8-11-23-9-1-2-19(23)26/h3-6,14,17H,1-2,7-13H2,(H2,22,25)/t14-,17-/m0/s1. The lowest BCUT2D eigenvalue weighted by molar-refractivity contribution is -0.137. The molecule has 0 unspecified atom stereocenters. The Balaban J connectivity index is 1.57. The van der Waals surface area contributed by atoms with Crippen molar-refractivity contribution in [3.63, 3.8) is 0 Å². The van der Waals surface area contributed by atoms with Crippen molar-refractivity contribution < 1.29 is 23.5 Å². The number of carbonyl (C=O) groups excluding carboxylic acids is 3. The molecule has 0 bridgehead atoms. The number of nitrogens with zero attached hydrogens (tertiary/aromatic N) is 2. The molecular weight excluding hydrogens is 365 g/mol. The summed E-state index contributed by atoms with van der Waals surface area (Å²) in [6.07, 6.45) is 2.07. The second-order valence-electron chi connectivity index (χ2n) is 7.40. The molecule has 0 spiro atoms. The van der Waals surface area contributed by atoms with Crippen LogP contribution in [0.4, 0.5) is 4.39 Å². The molecule has 3 amide bonds. The molecule has 2 aliphatic heterocycles. The molecule has 2 aliphatic rings. The van der Waals surface area contributed by atoms with Gasteiger partial charge in [0.1, 0.15) is 17.7 Å². The third-order valence-corrected chi connectivity index (χ3v) is 5.35. The summed E-state index contributed by atoms with van der Waals surface area (Å²) in [6, 6.07) is 5.72. The first-order valence-electron chi connectivity index (χ1n) is 9.68. The highest BCUT2D eigenvalue weighted by Gasteiger charge is 2.34. The van der Waals surface area contributed by atoms with Gasteiger partial charge in [-0.15, -0.1) is 0 Å². The van der Waals surface area contributed by atoms with Gasteiger partial charge in [0.15, 0.2) is 0 Å². The number of ether oxygens (including phenoxy) is 1. The van der Waals surface area contributed by atoms with E-state index in [4.69, 9.17) is 10.5 Å². The summed E-state index contributed by atoms with van der Waals surface area (Å²) in [6.45, 7) is 2.03. The van der Waals surface area contributed by atoms with Crippen LogP contribution < -0.4 is 10.5 Å². The normalized spacial score (nSPS) is 22.4. The number of piperidine rings is 1. The number of nitrogens with two attached hydrogens (primary N) is 1. The Labute approximate surface area is 163 Å². The average molecular weight is 391 g/mol. The van der Waals surface area contributed by atoms with Crippen LogP contribution in [-0.2, 0) is 14.4 Å². The second-order valence-corrected chi connectivity index (χ2v) is 7.40. The zero-order valence-corrected chi connectivity index (χ0v) is 15.8. The van der Waals surface area contributed by atoms with Crippen LogP contribution in [0.1, 0.15) is 32.1 Å². The van der Waals surface area contributed by atoms with Gasteiger partial charge < -0.3 is 20.3 Å². The molecule has 2 N–H and O–H groups in total. The number of benzene rings is 1. The minimum Gasteiger partial charge on any atom is -0.490 e. The van der Waals surface area contributed by atoms with E-state index in [1.807, 2.05) is 0 Å². The van der Waals surface area contributed by atoms with Gasteiger partial charge >= 0.3 is 0 Å². The van der Waals surface area contributed by atoms with Crippen molar-refractivity contribution in [3.05, 3.63) is 30.1 Å². The van der Waals surface area contributed by atoms with Crippen molar-refractivity contribution in [2.45, 2.75) is 38.2 Å². The van der Waals surface area contributed by atoms with Crippen LogP contribution in [0.25, 0.3) is 0 Å². The molecule has 2 fully saturated rings. The Morgan fingerprint density at radius 2 is 1.96 bits per heavy atom. The lowest BCUT2D eigenvalue weighted by Crippen LogP contribution is -2.49. The second kappa shape index (κ2) is 9.03. The molecule has 2 atom stereocenters. The highest BCUT2D eigenvalue weighted by Crippen LogP contribution is 2.26.